The van der Waals surface area contributed by atoms with Crippen LogP contribution >= 0.6 is 0 Å². The zero-order valence-corrected chi connectivity index (χ0v) is 14.5. The molecule has 0 aliphatic heterocycles. The molecule has 1 aromatic carbocycles. The predicted octanol–water partition coefficient (Wildman–Crippen LogP) is -1.02. The van der Waals surface area contributed by atoms with Crippen LogP contribution in [0.25, 0.3) is 16.9 Å². The van der Waals surface area contributed by atoms with Gasteiger partial charge in [0.05, 0.1) is 18.3 Å². The monoisotopic (exact) mass is 373 g/mol. The van der Waals surface area contributed by atoms with Crippen molar-refractivity contribution < 1.29 is 9.18 Å². The van der Waals surface area contributed by atoms with Gasteiger partial charge < -0.3 is 11.1 Å². The second-order valence-corrected chi connectivity index (χ2v) is 5.87. The van der Waals surface area contributed by atoms with Crippen LogP contribution in [0.1, 0.15) is 12.7 Å². The molecular weight excluding hydrogens is 357 g/mol. The van der Waals surface area contributed by atoms with E-state index in [0.29, 0.717) is 5.69 Å². The summed E-state index contributed by atoms with van der Waals surface area (Å²) in [6.07, 6.45) is 0. The molecule has 0 saturated heterocycles. The molecule has 27 heavy (non-hydrogen) atoms. The average Bonchev–Trinajstić information content (AvgIpc) is 2.66. The summed E-state index contributed by atoms with van der Waals surface area (Å²) in [6, 6.07) is 4.39. The highest BCUT2D eigenvalue weighted by Crippen LogP contribution is 2.11. The number of hydrogen-bond donors (Lipinski definition) is 2. The number of aromatic nitrogens is 5. The molecule has 1 atom stereocenters. The largest absolute Gasteiger partial charge is 0.347 e. The third kappa shape index (κ3) is 3.44. The molecule has 0 bridgehead atoms. The van der Waals surface area contributed by atoms with E-state index in [0.717, 1.165) is 9.13 Å². The van der Waals surface area contributed by atoms with Gasteiger partial charge in [-0.25, -0.2) is 18.7 Å². The van der Waals surface area contributed by atoms with Crippen molar-refractivity contribution in [2.45, 2.75) is 19.5 Å². The van der Waals surface area contributed by atoms with Crippen molar-refractivity contribution in [2.24, 2.45) is 12.8 Å². The lowest BCUT2D eigenvalue weighted by molar-refractivity contribution is -0.122. The molecule has 2 heterocycles. The van der Waals surface area contributed by atoms with E-state index in [9.17, 15) is 18.8 Å². The smallest absolute Gasteiger partial charge is 0.337 e. The molecule has 1 unspecified atom stereocenters. The number of carbonyl (C=O) groups excluding carboxylic acids is 1. The van der Waals surface area contributed by atoms with Crippen LogP contribution in [0.4, 0.5) is 4.39 Å². The molecule has 3 N–H and O–H groups in total. The molecule has 3 rings (SSSR count). The summed E-state index contributed by atoms with van der Waals surface area (Å²) in [4.78, 5) is 40.6. The van der Waals surface area contributed by atoms with Gasteiger partial charge in [-0.15, -0.1) is 10.2 Å². The number of hydrogen-bond acceptors (Lipinski definition) is 7. The van der Waals surface area contributed by atoms with E-state index in [-0.39, 0.29) is 23.5 Å². The van der Waals surface area contributed by atoms with Crippen LogP contribution in [0.3, 0.4) is 0 Å². The van der Waals surface area contributed by atoms with Gasteiger partial charge in [-0.05, 0) is 31.2 Å². The third-order valence-electron chi connectivity index (χ3n) is 3.83. The summed E-state index contributed by atoms with van der Waals surface area (Å²) in [6.45, 7) is 1.44. The fraction of sp³-hybridized carbons (Fsp3) is 0.250. The van der Waals surface area contributed by atoms with Gasteiger partial charge in [0.15, 0.2) is 17.0 Å². The maximum absolute atomic E-state index is 13.2. The van der Waals surface area contributed by atoms with E-state index < -0.39 is 29.0 Å². The number of carbonyl (C=O) groups is 1. The molecule has 11 heteroatoms. The second kappa shape index (κ2) is 7.03. The number of benzene rings is 1. The number of fused-ring (bicyclic) bond motifs is 1. The second-order valence-electron chi connectivity index (χ2n) is 5.87. The lowest BCUT2D eigenvalue weighted by Gasteiger charge is -2.11. The van der Waals surface area contributed by atoms with Crippen molar-refractivity contribution in [1.82, 2.24) is 29.6 Å². The van der Waals surface area contributed by atoms with Gasteiger partial charge in [0, 0.05) is 7.05 Å². The average molecular weight is 373 g/mol. The van der Waals surface area contributed by atoms with Gasteiger partial charge in [0.25, 0.3) is 5.56 Å². The minimum absolute atomic E-state index is 0.0722. The number of nitrogens with one attached hydrogen (secondary N) is 1. The minimum atomic E-state index is -0.713. The van der Waals surface area contributed by atoms with Gasteiger partial charge in [-0.1, -0.05) is 0 Å². The van der Waals surface area contributed by atoms with E-state index in [2.05, 4.69) is 20.5 Å². The molecule has 0 radical (unpaired) electrons. The number of amides is 1. The van der Waals surface area contributed by atoms with E-state index in [1.165, 1.54) is 38.2 Å². The first-order chi connectivity index (χ1) is 12.8. The van der Waals surface area contributed by atoms with Crippen molar-refractivity contribution >= 4 is 17.1 Å². The van der Waals surface area contributed by atoms with E-state index in [4.69, 9.17) is 5.73 Å². The Morgan fingerprint density at radius 1 is 1.26 bits per heavy atom. The molecule has 1 amide bonds. The Bertz CT molecular complexity index is 1140. The van der Waals surface area contributed by atoms with Crippen molar-refractivity contribution in [3.8, 4) is 5.69 Å². The minimum Gasteiger partial charge on any atom is -0.347 e. The molecule has 0 spiro atoms. The SMILES string of the molecule is CC(N)C(=O)NCc1nnc2c(n1)c(=O)n(C)c(=O)n2-c1ccc(F)cc1. The third-order valence-corrected chi connectivity index (χ3v) is 3.83. The number of halogens is 1. The normalized spacial score (nSPS) is 12.1. The van der Waals surface area contributed by atoms with Crippen LogP contribution in [0, 0.1) is 5.82 Å². The predicted molar refractivity (Wildman–Crippen MR) is 93.6 cm³/mol. The Morgan fingerprint density at radius 3 is 2.56 bits per heavy atom. The summed E-state index contributed by atoms with van der Waals surface area (Å²) >= 11 is 0. The highest BCUT2D eigenvalue weighted by atomic mass is 19.1. The molecule has 3 aromatic rings. The van der Waals surface area contributed by atoms with Crippen molar-refractivity contribution in [3.63, 3.8) is 0 Å². The number of rotatable bonds is 4. The van der Waals surface area contributed by atoms with Crippen LogP contribution in [0.5, 0.6) is 0 Å². The highest BCUT2D eigenvalue weighted by Gasteiger charge is 2.17. The summed E-state index contributed by atoms with van der Waals surface area (Å²) in [5.41, 5.74) is 4.24. The lowest BCUT2D eigenvalue weighted by Crippen LogP contribution is -2.39. The first kappa shape index (κ1) is 18.3. The van der Waals surface area contributed by atoms with E-state index >= 15 is 0 Å². The highest BCUT2D eigenvalue weighted by molar-refractivity contribution is 5.80. The fourth-order valence-electron chi connectivity index (χ4n) is 2.36. The van der Waals surface area contributed by atoms with Crippen LogP contribution in [-0.2, 0) is 18.4 Å². The van der Waals surface area contributed by atoms with E-state index in [1.807, 2.05) is 0 Å². The van der Waals surface area contributed by atoms with Gasteiger partial charge in [-0.3, -0.25) is 14.2 Å². The van der Waals surface area contributed by atoms with Crippen LogP contribution in [-0.4, -0.2) is 36.3 Å². The zero-order valence-electron chi connectivity index (χ0n) is 14.5. The molecular formula is C16H16FN7O3. The molecule has 0 saturated carbocycles. The number of nitrogens with two attached hydrogens (primary N) is 1. The summed E-state index contributed by atoms with van der Waals surface area (Å²) in [7, 11) is 1.30. The maximum atomic E-state index is 13.2. The van der Waals surface area contributed by atoms with E-state index in [1.54, 1.807) is 0 Å². The quantitative estimate of drug-likeness (QED) is 0.597. The van der Waals surface area contributed by atoms with Gasteiger partial charge in [-0.2, -0.15) is 0 Å². The first-order valence-electron chi connectivity index (χ1n) is 7.94. The topological polar surface area (TPSA) is 138 Å². The number of nitrogens with zero attached hydrogens (tertiary/aromatic N) is 5. The molecule has 0 fully saturated rings. The Kier molecular flexibility index (Phi) is 4.77. The standard InChI is InChI=1S/C16H16FN7O3/c1-8(18)14(25)19-7-11-20-12-13(22-21-11)24(16(27)23(2)15(12)26)10-5-3-9(17)4-6-10/h3-6,8H,7,18H2,1-2H3,(H,19,25). The fourth-order valence-corrected chi connectivity index (χ4v) is 2.36. The van der Waals surface area contributed by atoms with Crippen molar-refractivity contribution in [3.05, 3.63) is 56.7 Å². The van der Waals surface area contributed by atoms with Crippen molar-refractivity contribution in [1.29, 1.82) is 0 Å². The van der Waals surface area contributed by atoms with Crippen LogP contribution in [0.2, 0.25) is 0 Å². The molecule has 10 nitrogen and oxygen atoms in total. The van der Waals surface area contributed by atoms with Gasteiger partial charge in [0.2, 0.25) is 5.91 Å². The lowest BCUT2D eigenvalue weighted by atomic mass is 10.3. The van der Waals surface area contributed by atoms with Crippen LogP contribution < -0.4 is 22.3 Å². The maximum Gasteiger partial charge on any atom is 0.337 e. The van der Waals surface area contributed by atoms with Crippen LogP contribution in [0.15, 0.2) is 33.9 Å². The van der Waals surface area contributed by atoms with Gasteiger partial charge >= 0.3 is 5.69 Å². The zero-order chi connectivity index (χ0) is 19.7. The first-order valence-corrected chi connectivity index (χ1v) is 7.94. The Labute approximate surface area is 151 Å². The summed E-state index contributed by atoms with van der Waals surface area (Å²) in [5, 5.41) is 10.3. The molecule has 0 aliphatic rings. The Morgan fingerprint density at radius 2 is 1.93 bits per heavy atom. The van der Waals surface area contributed by atoms with Crippen molar-refractivity contribution in [2.75, 3.05) is 0 Å². The Balaban J connectivity index is 2.15. The Hall–Kier alpha value is -3.47. The summed E-state index contributed by atoms with van der Waals surface area (Å²) < 4.78 is 15.2. The molecule has 2 aromatic heterocycles. The summed E-state index contributed by atoms with van der Waals surface area (Å²) in [5.74, 6) is -0.807. The molecule has 0 aliphatic carbocycles. The molecule has 140 valence electrons. The van der Waals surface area contributed by atoms with Gasteiger partial charge in [0.1, 0.15) is 5.82 Å².